The Morgan fingerprint density at radius 1 is 1.11 bits per heavy atom. The Bertz CT molecular complexity index is 392. The molecule has 0 unspecified atom stereocenters. The van der Waals surface area contributed by atoms with Gasteiger partial charge in [-0.15, -0.1) is 0 Å². The average Bonchev–Trinajstić information content (AvgIpc) is 2.37. The van der Waals surface area contributed by atoms with Gasteiger partial charge in [0.2, 0.25) is 0 Å². The summed E-state index contributed by atoms with van der Waals surface area (Å²) in [7, 11) is 0. The van der Waals surface area contributed by atoms with Crippen molar-refractivity contribution in [3.05, 3.63) is 48.0 Å². The summed E-state index contributed by atoms with van der Waals surface area (Å²) in [5.74, 6) is 0. The van der Waals surface area contributed by atoms with E-state index in [2.05, 4.69) is 0 Å². The van der Waals surface area contributed by atoms with E-state index in [-0.39, 0.29) is 12.2 Å². The Morgan fingerprint density at radius 2 is 1.83 bits per heavy atom. The van der Waals surface area contributed by atoms with Gasteiger partial charge in [-0.05, 0) is 38.3 Å². The van der Waals surface area contributed by atoms with E-state index in [1.54, 1.807) is 13.8 Å². The van der Waals surface area contributed by atoms with Crippen molar-refractivity contribution in [3.63, 3.8) is 0 Å². The van der Waals surface area contributed by atoms with Crippen LogP contribution in [0.5, 0.6) is 0 Å². The number of hydrogen-bond acceptors (Lipinski definition) is 3. The molecule has 2 rings (SSSR count). The lowest BCUT2D eigenvalue weighted by Gasteiger charge is -2.25. The Hall–Kier alpha value is -1.16. The van der Waals surface area contributed by atoms with E-state index >= 15 is 0 Å². The number of rotatable bonds is 4. The topological polar surface area (TPSA) is 38.7 Å². The molecule has 0 bridgehead atoms. The molecule has 0 radical (unpaired) electrons. The van der Waals surface area contributed by atoms with E-state index < -0.39 is 5.60 Å². The van der Waals surface area contributed by atoms with Crippen molar-refractivity contribution in [1.82, 2.24) is 0 Å². The van der Waals surface area contributed by atoms with Gasteiger partial charge in [-0.2, -0.15) is 0 Å². The van der Waals surface area contributed by atoms with Crippen LogP contribution in [-0.2, 0) is 9.78 Å². The van der Waals surface area contributed by atoms with Crippen LogP contribution >= 0.6 is 0 Å². The van der Waals surface area contributed by atoms with E-state index in [9.17, 15) is 5.11 Å². The summed E-state index contributed by atoms with van der Waals surface area (Å²) in [5.41, 5.74) is 0.419. The largest absolute Gasteiger partial charge is 0.390 e. The number of benzene rings is 1. The van der Waals surface area contributed by atoms with Crippen LogP contribution in [0.2, 0.25) is 0 Å². The summed E-state index contributed by atoms with van der Waals surface area (Å²) in [4.78, 5) is 10.7. The molecule has 1 N–H and O–H groups in total. The Kier molecular flexibility index (Phi) is 4.17. The van der Waals surface area contributed by atoms with Crippen molar-refractivity contribution in [3.8, 4) is 0 Å². The van der Waals surface area contributed by atoms with Crippen molar-refractivity contribution in [1.29, 1.82) is 0 Å². The Labute approximate surface area is 108 Å². The molecule has 1 aliphatic heterocycles. The summed E-state index contributed by atoms with van der Waals surface area (Å²) in [5, 5.41) is 9.66. The molecule has 0 saturated heterocycles. The van der Waals surface area contributed by atoms with Crippen LogP contribution < -0.4 is 0 Å². The molecule has 0 saturated carbocycles. The molecule has 0 spiro atoms. The van der Waals surface area contributed by atoms with Gasteiger partial charge in [-0.3, -0.25) is 0 Å². The Morgan fingerprint density at radius 3 is 2.39 bits per heavy atom. The van der Waals surface area contributed by atoms with E-state index in [1.165, 1.54) is 0 Å². The fourth-order valence-corrected chi connectivity index (χ4v) is 1.87. The van der Waals surface area contributed by atoms with Crippen LogP contribution in [-0.4, -0.2) is 16.8 Å². The molecule has 0 aliphatic carbocycles. The maximum Gasteiger partial charge on any atom is 0.136 e. The van der Waals surface area contributed by atoms with E-state index in [4.69, 9.17) is 9.78 Å². The molecule has 0 fully saturated rings. The van der Waals surface area contributed by atoms with Crippen molar-refractivity contribution in [2.24, 2.45) is 0 Å². The number of aliphatic hydroxyl groups is 1. The second-order valence-electron chi connectivity index (χ2n) is 5.30. The van der Waals surface area contributed by atoms with E-state index in [0.717, 1.165) is 12.0 Å². The van der Waals surface area contributed by atoms with Crippen molar-refractivity contribution in [2.75, 3.05) is 0 Å². The summed E-state index contributed by atoms with van der Waals surface area (Å²) in [6.07, 6.45) is 5.24. The molecule has 1 aliphatic rings. The molecule has 0 amide bonds. The Balaban J connectivity index is 1.88. The first-order valence-electron chi connectivity index (χ1n) is 6.32. The van der Waals surface area contributed by atoms with Gasteiger partial charge in [0.1, 0.15) is 12.2 Å². The van der Waals surface area contributed by atoms with Crippen molar-refractivity contribution in [2.45, 2.75) is 44.5 Å². The minimum Gasteiger partial charge on any atom is -0.390 e. The maximum absolute atomic E-state index is 9.66. The molecule has 0 aromatic heterocycles. The van der Waals surface area contributed by atoms with Crippen LogP contribution in [0.4, 0.5) is 0 Å². The van der Waals surface area contributed by atoms with Gasteiger partial charge in [0.15, 0.2) is 0 Å². The van der Waals surface area contributed by atoms with Crippen LogP contribution in [0, 0.1) is 0 Å². The fraction of sp³-hybridized carbons (Fsp3) is 0.467. The van der Waals surface area contributed by atoms with Gasteiger partial charge in [-0.25, -0.2) is 9.78 Å². The highest BCUT2D eigenvalue weighted by molar-refractivity contribution is 5.22. The molecule has 1 aromatic carbocycles. The summed E-state index contributed by atoms with van der Waals surface area (Å²) in [6, 6.07) is 9.95. The first-order chi connectivity index (χ1) is 8.54. The molecule has 98 valence electrons. The summed E-state index contributed by atoms with van der Waals surface area (Å²) in [6.45, 7) is 3.60. The fourth-order valence-electron chi connectivity index (χ4n) is 1.87. The molecule has 18 heavy (non-hydrogen) atoms. The molecule has 1 heterocycles. The van der Waals surface area contributed by atoms with Crippen molar-refractivity contribution < 1.29 is 14.9 Å². The third-order valence-electron chi connectivity index (χ3n) is 2.95. The third kappa shape index (κ3) is 3.95. The second-order valence-corrected chi connectivity index (χ2v) is 5.30. The van der Waals surface area contributed by atoms with Gasteiger partial charge in [-0.1, -0.05) is 36.4 Å². The monoisotopic (exact) mass is 248 g/mol. The van der Waals surface area contributed by atoms with Gasteiger partial charge < -0.3 is 5.11 Å². The molecular formula is C15H20O3. The highest BCUT2D eigenvalue weighted by atomic mass is 17.2. The number of hydrogen-bond donors (Lipinski definition) is 1. The van der Waals surface area contributed by atoms with Crippen LogP contribution in [0.15, 0.2) is 42.5 Å². The zero-order valence-corrected chi connectivity index (χ0v) is 10.9. The highest BCUT2D eigenvalue weighted by Crippen LogP contribution is 2.26. The average molecular weight is 248 g/mol. The predicted molar refractivity (Wildman–Crippen MR) is 69.8 cm³/mol. The normalized spacial score (nSPS) is 24.2. The second kappa shape index (κ2) is 5.65. The van der Waals surface area contributed by atoms with E-state index in [1.807, 2.05) is 42.5 Å². The SMILES string of the molecule is CC(C)(O)CC[C@H]1C=C[C@@H](c2ccccc2)OO1. The molecule has 1 aromatic rings. The lowest BCUT2D eigenvalue weighted by atomic mass is 9.99. The van der Waals surface area contributed by atoms with Gasteiger partial charge >= 0.3 is 0 Å². The van der Waals surface area contributed by atoms with Gasteiger partial charge in [0.05, 0.1) is 5.60 Å². The zero-order chi connectivity index (χ0) is 13.0. The van der Waals surface area contributed by atoms with Crippen LogP contribution in [0.3, 0.4) is 0 Å². The minimum absolute atomic E-state index is 0.0728. The lowest BCUT2D eigenvalue weighted by Crippen LogP contribution is -2.24. The molecule has 2 atom stereocenters. The van der Waals surface area contributed by atoms with Gasteiger partial charge in [0.25, 0.3) is 0 Å². The first kappa shape index (κ1) is 13.3. The smallest absolute Gasteiger partial charge is 0.136 e. The minimum atomic E-state index is -0.659. The summed E-state index contributed by atoms with van der Waals surface area (Å²) < 4.78 is 0. The molecule has 3 nitrogen and oxygen atoms in total. The highest BCUT2D eigenvalue weighted by Gasteiger charge is 2.21. The standard InChI is InChI=1S/C15H20O3/c1-15(2,16)11-10-13-8-9-14(18-17-13)12-6-4-3-5-7-12/h3-9,13-14,16H,10-11H2,1-2H3/t13-,14+/m1/s1. The quantitative estimate of drug-likeness (QED) is 0.657. The summed E-state index contributed by atoms with van der Waals surface area (Å²) >= 11 is 0. The lowest BCUT2D eigenvalue weighted by molar-refractivity contribution is -0.343. The maximum atomic E-state index is 9.66. The molecular weight excluding hydrogens is 228 g/mol. The van der Waals surface area contributed by atoms with Gasteiger partial charge in [0, 0.05) is 0 Å². The predicted octanol–water partition coefficient (Wildman–Crippen LogP) is 3.17. The zero-order valence-electron chi connectivity index (χ0n) is 10.9. The van der Waals surface area contributed by atoms with E-state index in [0.29, 0.717) is 6.42 Å². The van der Waals surface area contributed by atoms with Crippen LogP contribution in [0.25, 0.3) is 0 Å². The van der Waals surface area contributed by atoms with Crippen molar-refractivity contribution >= 4 is 0 Å². The molecule has 3 heteroatoms. The van der Waals surface area contributed by atoms with Crippen LogP contribution in [0.1, 0.15) is 38.4 Å². The third-order valence-corrected chi connectivity index (χ3v) is 2.95. The first-order valence-corrected chi connectivity index (χ1v) is 6.32.